The number of sulfonamides is 1. The molecule has 0 unspecified atom stereocenters. The van der Waals surface area contributed by atoms with Gasteiger partial charge in [-0.3, -0.25) is 0 Å². The molecule has 0 amide bonds. The molecule has 4 nitrogen and oxygen atoms in total. The Morgan fingerprint density at radius 1 is 1.42 bits per heavy atom. The average molecular weight is 317 g/mol. The van der Waals surface area contributed by atoms with Gasteiger partial charge in [-0.1, -0.05) is 17.7 Å². The van der Waals surface area contributed by atoms with Gasteiger partial charge >= 0.3 is 0 Å². The average Bonchev–Trinajstić information content (AvgIpc) is 2.86. The van der Waals surface area contributed by atoms with E-state index in [1.165, 1.54) is 23.5 Å². The quantitative estimate of drug-likeness (QED) is 0.852. The fraction of sp³-hybridized carbons (Fsp3) is 0.167. The van der Waals surface area contributed by atoms with E-state index in [0.29, 0.717) is 10.6 Å². The van der Waals surface area contributed by atoms with Crippen molar-refractivity contribution < 1.29 is 8.42 Å². The summed E-state index contributed by atoms with van der Waals surface area (Å²) in [5.74, 6) is 0. The molecule has 2 rings (SSSR count). The molecule has 0 aliphatic heterocycles. The molecule has 102 valence electrons. The van der Waals surface area contributed by atoms with Crippen LogP contribution in [-0.2, 0) is 16.6 Å². The van der Waals surface area contributed by atoms with E-state index in [-0.39, 0.29) is 17.1 Å². The van der Waals surface area contributed by atoms with Crippen molar-refractivity contribution in [3.05, 3.63) is 45.1 Å². The fourth-order valence-electron chi connectivity index (χ4n) is 1.58. The predicted molar refractivity (Wildman–Crippen MR) is 78.9 cm³/mol. The van der Waals surface area contributed by atoms with Gasteiger partial charge in [-0.05, 0) is 36.1 Å². The van der Waals surface area contributed by atoms with Gasteiger partial charge in [-0.2, -0.15) is 0 Å². The Hall–Kier alpha value is -1.08. The monoisotopic (exact) mass is 316 g/mol. The van der Waals surface area contributed by atoms with E-state index in [1.807, 2.05) is 17.5 Å². The maximum atomic E-state index is 12.1. The third kappa shape index (κ3) is 3.27. The van der Waals surface area contributed by atoms with Gasteiger partial charge in [0.25, 0.3) is 0 Å². The molecule has 7 heteroatoms. The smallest absolute Gasteiger partial charge is 0.240 e. The summed E-state index contributed by atoms with van der Waals surface area (Å²) in [6.45, 7) is 1.98. The lowest BCUT2D eigenvalue weighted by Crippen LogP contribution is -2.23. The van der Waals surface area contributed by atoms with E-state index in [9.17, 15) is 8.42 Å². The number of hydrogen-bond donors (Lipinski definition) is 2. The number of nitrogen functional groups attached to an aromatic ring is 1. The summed E-state index contributed by atoms with van der Waals surface area (Å²) in [6, 6.07) is 6.62. The van der Waals surface area contributed by atoms with Crippen LogP contribution in [0.4, 0.5) is 5.69 Å². The molecule has 19 heavy (non-hydrogen) atoms. The second-order valence-electron chi connectivity index (χ2n) is 4.05. The van der Waals surface area contributed by atoms with Crippen LogP contribution in [0.5, 0.6) is 0 Å². The Labute approximate surface area is 121 Å². The van der Waals surface area contributed by atoms with Crippen molar-refractivity contribution in [2.45, 2.75) is 18.4 Å². The molecule has 1 aromatic heterocycles. The molecule has 0 atom stereocenters. The summed E-state index contributed by atoms with van der Waals surface area (Å²) in [5.41, 5.74) is 6.59. The second kappa shape index (κ2) is 5.50. The summed E-state index contributed by atoms with van der Waals surface area (Å²) >= 11 is 7.41. The third-order valence-corrected chi connectivity index (χ3v) is 5.36. The number of anilines is 1. The highest BCUT2D eigenvalue weighted by Gasteiger charge is 2.16. The zero-order valence-electron chi connectivity index (χ0n) is 10.2. The summed E-state index contributed by atoms with van der Waals surface area (Å²) in [6.07, 6.45) is 0. The Bertz CT molecular complexity index is 659. The van der Waals surface area contributed by atoms with E-state index in [1.54, 1.807) is 6.92 Å². The molecule has 1 heterocycles. The Balaban J connectivity index is 2.24. The lowest BCUT2D eigenvalue weighted by Gasteiger charge is -2.09. The Morgan fingerprint density at radius 3 is 2.74 bits per heavy atom. The van der Waals surface area contributed by atoms with Crippen molar-refractivity contribution in [3.8, 4) is 0 Å². The van der Waals surface area contributed by atoms with Crippen molar-refractivity contribution >= 4 is 38.6 Å². The van der Waals surface area contributed by atoms with Crippen LogP contribution in [0, 0.1) is 6.92 Å². The van der Waals surface area contributed by atoms with Crippen LogP contribution in [0.2, 0.25) is 5.02 Å². The molecule has 0 bridgehead atoms. The van der Waals surface area contributed by atoms with Gasteiger partial charge in [0.1, 0.15) is 0 Å². The van der Waals surface area contributed by atoms with Crippen LogP contribution in [0.3, 0.4) is 0 Å². The molecule has 0 radical (unpaired) electrons. The number of nitrogens with one attached hydrogen (secondary N) is 1. The lowest BCUT2D eigenvalue weighted by molar-refractivity contribution is 0.582. The number of benzene rings is 1. The second-order valence-corrected chi connectivity index (χ2v) is 7.22. The Kier molecular flexibility index (Phi) is 4.15. The molecule has 0 aliphatic rings. The van der Waals surface area contributed by atoms with Crippen molar-refractivity contribution in [2.75, 3.05) is 5.73 Å². The van der Waals surface area contributed by atoms with Gasteiger partial charge in [0, 0.05) is 11.4 Å². The van der Waals surface area contributed by atoms with Gasteiger partial charge in [-0.15, -0.1) is 11.3 Å². The third-order valence-electron chi connectivity index (χ3n) is 2.58. The first-order chi connectivity index (χ1) is 8.90. The van der Waals surface area contributed by atoms with Gasteiger partial charge in [0.2, 0.25) is 10.0 Å². The molecule has 0 spiro atoms. The van der Waals surface area contributed by atoms with Crippen LogP contribution < -0.4 is 10.5 Å². The van der Waals surface area contributed by atoms with Gasteiger partial charge < -0.3 is 5.73 Å². The number of hydrogen-bond acceptors (Lipinski definition) is 4. The summed E-state index contributed by atoms with van der Waals surface area (Å²) in [7, 11) is -3.58. The van der Waals surface area contributed by atoms with Crippen molar-refractivity contribution in [1.29, 1.82) is 0 Å². The number of nitrogens with two attached hydrogens (primary N) is 1. The highest BCUT2D eigenvalue weighted by atomic mass is 35.5. The molecule has 0 fully saturated rings. The molecule has 0 aliphatic carbocycles. The molecule has 2 aromatic rings. The molecular weight excluding hydrogens is 304 g/mol. The SMILES string of the molecule is Cc1cc(S(=O)(=O)NCc2cccs2)cc(N)c1Cl. The minimum Gasteiger partial charge on any atom is -0.397 e. The van der Waals surface area contributed by atoms with E-state index in [4.69, 9.17) is 17.3 Å². The first-order valence-electron chi connectivity index (χ1n) is 5.48. The summed E-state index contributed by atoms with van der Waals surface area (Å²) in [5, 5.41) is 2.28. The molecule has 0 saturated heterocycles. The minimum atomic E-state index is -3.58. The molecule has 0 saturated carbocycles. The predicted octanol–water partition coefficient (Wildman–Crippen LogP) is 2.77. The molecular formula is C12H13ClN2O2S2. The maximum absolute atomic E-state index is 12.1. The van der Waals surface area contributed by atoms with E-state index in [2.05, 4.69) is 4.72 Å². The summed E-state index contributed by atoms with van der Waals surface area (Å²) in [4.78, 5) is 1.07. The van der Waals surface area contributed by atoms with Crippen LogP contribution in [0.1, 0.15) is 10.4 Å². The van der Waals surface area contributed by atoms with E-state index >= 15 is 0 Å². The van der Waals surface area contributed by atoms with Crippen molar-refractivity contribution in [1.82, 2.24) is 4.72 Å². The van der Waals surface area contributed by atoms with E-state index in [0.717, 1.165) is 4.88 Å². The van der Waals surface area contributed by atoms with Crippen molar-refractivity contribution in [2.24, 2.45) is 0 Å². The highest BCUT2D eigenvalue weighted by molar-refractivity contribution is 7.89. The van der Waals surface area contributed by atoms with Crippen molar-refractivity contribution in [3.63, 3.8) is 0 Å². The Morgan fingerprint density at radius 2 is 2.16 bits per heavy atom. The van der Waals surface area contributed by atoms with Gasteiger partial charge in [0.15, 0.2) is 0 Å². The zero-order valence-corrected chi connectivity index (χ0v) is 12.6. The maximum Gasteiger partial charge on any atom is 0.240 e. The van der Waals surface area contributed by atoms with Crippen LogP contribution in [0.25, 0.3) is 0 Å². The van der Waals surface area contributed by atoms with E-state index < -0.39 is 10.0 Å². The number of aryl methyl sites for hydroxylation is 1. The largest absolute Gasteiger partial charge is 0.397 e. The first-order valence-corrected chi connectivity index (χ1v) is 8.22. The lowest BCUT2D eigenvalue weighted by atomic mass is 10.2. The van der Waals surface area contributed by atoms with Gasteiger partial charge in [0.05, 0.1) is 15.6 Å². The molecule has 3 N–H and O–H groups in total. The van der Waals surface area contributed by atoms with Crippen LogP contribution in [0.15, 0.2) is 34.5 Å². The number of rotatable bonds is 4. The topological polar surface area (TPSA) is 72.2 Å². The van der Waals surface area contributed by atoms with Crippen LogP contribution >= 0.6 is 22.9 Å². The van der Waals surface area contributed by atoms with Crippen LogP contribution in [-0.4, -0.2) is 8.42 Å². The standard InChI is InChI=1S/C12H13ClN2O2S2/c1-8-5-10(6-11(14)12(8)13)19(16,17)15-7-9-3-2-4-18-9/h2-6,15H,7,14H2,1H3. The zero-order chi connectivity index (χ0) is 14.0. The number of thiophene rings is 1. The van der Waals surface area contributed by atoms with Gasteiger partial charge in [-0.25, -0.2) is 13.1 Å². The normalized spacial score (nSPS) is 11.7. The highest BCUT2D eigenvalue weighted by Crippen LogP contribution is 2.26. The minimum absolute atomic E-state index is 0.128. The first kappa shape index (κ1) is 14.3. The summed E-state index contributed by atoms with van der Waals surface area (Å²) < 4.78 is 26.8. The fourth-order valence-corrected chi connectivity index (χ4v) is 3.55. The number of halogens is 1. The molecule has 1 aromatic carbocycles.